The summed E-state index contributed by atoms with van der Waals surface area (Å²) in [5.74, 6) is 0.0654. The second-order valence-electron chi connectivity index (χ2n) is 11.4. The number of nitrogens with one attached hydrogen (secondary N) is 1. The average molecular weight is 544 g/mol. The molecule has 0 radical (unpaired) electrons. The van der Waals surface area contributed by atoms with Crippen molar-refractivity contribution in [1.29, 1.82) is 0 Å². The maximum atomic E-state index is 12.4. The molecular formula is C33H41N3O4. The molecule has 0 saturated carbocycles. The van der Waals surface area contributed by atoms with E-state index >= 15 is 0 Å². The van der Waals surface area contributed by atoms with E-state index in [-0.39, 0.29) is 12.0 Å². The van der Waals surface area contributed by atoms with E-state index in [9.17, 15) is 9.59 Å². The summed E-state index contributed by atoms with van der Waals surface area (Å²) in [7, 11) is 2.06. The molecular weight excluding hydrogens is 502 g/mol. The zero-order valence-electron chi connectivity index (χ0n) is 24.1. The topological polar surface area (TPSA) is 71.1 Å². The lowest BCUT2D eigenvalue weighted by molar-refractivity contribution is -0.220. The summed E-state index contributed by atoms with van der Waals surface area (Å²) >= 11 is 0. The SMILES string of the molecule is CN(CCCc1ccc(CN(C=O)OC(C)(C)C)cc1)CCNC(=O)OCC1c2ccccc2-c2ccccc21. The molecule has 0 unspecified atom stereocenters. The Bertz CT molecular complexity index is 1220. The van der Waals surface area contributed by atoms with Gasteiger partial charge in [-0.05, 0) is 80.6 Å². The Morgan fingerprint density at radius 2 is 1.50 bits per heavy atom. The van der Waals surface area contributed by atoms with Gasteiger partial charge in [-0.2, -0.15) is 0 Å². The van der Waals surface area contributed by atoms with Crippen molar-refractivity contribution >= 4 is 12.5 Å². The van der Waals surface area contributed by atoms with Gasteiger partial charge in [0.15, 0.2) is 0 Å². The van der Waals surface area contributed by atoms with Crippen LogP contribution in [-0.4, -0.2) is 61.4 Å². The summed E-state index contributed by atoms with van der Waals surface area (Å²) in [6, 6.07) is 25.0. The van der Waals surface area contributed by atoms with Gasteiger partial charge in [-0.15, -0.1) is 0 Å². The first-order valence-corrected chi connectivity index (χ1v) is 14.0. The number of benzene rings is 3. The normalized spacial score (nSPS) is 12.6. The second-order valence-corrected chi connectivity index (χ2v) is 11.4. The summed E-state index contributed by atoms with van der Waals surface area (Å²) in [4.78, 5) is 31.6. The highest BCUT2D eigenvalue weighted by Gasteiger charge is 2.29. The number of ether oxygens (including phenoxy) is 1. The Kier molecular flexibility index (Phi) is 9.96. The third-order valence-electron chi connectivity index (χ3n) is 6.98. The van der Waals surface area contributed by atoms with Crippen LogP contribution in [0.1, 0.15) is 55.4 Å². The summed E-state index contributed by atoms with van der Waals surface area (Å²) in [5, 5.41) is 4.23. The highest BCUT2D eigenvalue weighted by atomic mass is 16.7. The molecule has 0 fully saturated rings. The van der Waals surface area contributed by atoms with Crippen LogP contribution in [0.3, 0.4) is 0 Å². The molecule has 1 aliphatic carbocycles. The third-order valence-corrected chi connectivity index (χ3v) is 6.98. The first-order valence-electron chi connectivity index (χ1n) is 14.0. The van der Waals surface area contributed by atoms with Gasteiger partial charge in [-0.3, -0.25) is 9.63 Å². The third kappa shape index (κ3) is 8.16. The number of hydroxylamine groups is 2. The van der Waals surface area contributed by atoms with Crippen LogP contribution in [-0.2, 0) is 27.3 Å². The minimum absolute atomic E-state index is 0.0654. The standard InChI is InChI=1S/C33H41N3O4/c1-33(2,3)40-36(24-37)22-26-17-15-25(16-18-26)10-9-20-35(4)21-19-34-32(38)39-23-31-29-13-7-5-11-27(29)28-12-6-8-14-30(28)31/h5-8,11-18,24,31H,9-10,19-23H2,1-4H3,(H,34,38). The van der Waals surface area contributed by atoms with E-state index < -0.39 is 5.60 Å². The minimum atomic E-state index is -0.419. The van der Waals surface area contributed by atoms with Gasteiger partial charge in [0.1, 0.15) is 6.61 Å². The van der Waals surface area contributed by atoms with E-state index in [1.807, 2.05) is 57.2 Å². The lowest BCUT2D eigenvalue weighted by Crippen LogP contribution is -2.34. The molecule has 212 valence electrons. The fourth-order valence-corrected chi connectivity index (χ4v) is 5.10. The second kappa shape index (κ2) is 13.6. The molecule has 0 bridgehead atoms. The number of likely N-dealkylation sites (N-methyl/N-ethyl adjacent to an activating group) is 1. The molecule has 2 amide bonds. The van der Waals surface area contributed by atoms with Gasteiger partial charge in [0, 0.05) is 19.0 Å². The number of alkyl carbamates (subject to hydrolysis) is 1. The number of carbonyl (C=O) groups is 2. The van der Waals surface area contributed by atoms with E-state index in [1.165, 1.54) is 32.9 Å². The molecule has 4 rings (SSSR count). The molecule has 7 nitrogen and oxygen atoms in total. The van der Waals surface area contributed by atoms with Crippen LogP contribution >= 0.6 is 0 Å². The zero-order valence-corrected chi connectivity index (χ0v) is 24.1. The monoisotopic (exact) mass is 543 g/mol. The molecule has 1 aliphatic rings. The van der Waals surface area contributed by atoms with Crippen LogP contribution in [0.2, 0.25) is 0 Å². The Morgan fingerprint density at radius 1 is 0.900 bits per heavy atom. The van der Waals surface area contributed by atoms with Crippen LogP contribution in [0.4, 0.5) is 4.79 Å². The number of fused-ring (bicyclic) bond motifs is 3. The van der Waals surface area contributed by atoms with Crippen LogP contribution in [0, 0.1) is 0 Å². The number of amides is 2. The first-order chi connectivity index (χ1) is 19.2. The predicted molar refractivity (Wildman–Crippen MR) is 158 cm³/mol. The van der Waals surface area contributed by atoms with Crippen molar-refractivity contribution in [2.75, 3.05) is 33.3 Å². The number of nitrogens with zero attached hydrogens (tertiary/aromatic N) is 2. The lowest BCUT2D eigenvalue weighted by atomic mass is 9.98. The highest BCUT2D eigenvalue weighted by Crippen LogP contribution is 2.44. The van der Waals surface area contributed by atoms with Crippen LogP contribution < -0.4 is 5.32 Å². The predicted octanol–water partition coefficient (Wildman–Crippen LogP) is 5.78. The summed E-state index contributed by atoms with van der Waals surface area (Å²) < 4.78 is 5.63. The van der Waals surface area contributed by atoms with E-state index in [2.05, 4.69) is 53.7 Å². The van der Waals surface area contributed by atoms with Crippen molar-refractivity contribution in [1.82, 2.24) is 15.3 Å². The van der Waals surface area contributed by atoms with Gasteiger partial charge in [-0.1, -0.05) is 72.8 Å². The Morgan fingerprint density at radius 3 is 2.10 bits per heavy atom. The van der Waals surface area contributed by atoms with Gasteiger partial charge in [-0.25, -0.2) is 9.86 Å². The molecule has 0 saturated heterocycles. The highest BCUT2D eigenvalue weighted by molar-refractivity contribution is 5.79. The Hall–Kier alpha value is -3.68. The Labute approximate surface area is 238 Å². The molecule has 3 aromatic rings. The zero-order chi connectivity index (χ0) is 28.5. The summed E-state index contributed by atoms with van der Waals surface area (Å²) in [5.41, 5.74) is 6.73. The molecule has 0 spiro atoms. The summed E-state index contributed by atoms with van der Waals surface area (Å²) in [6.45, 7) is 8.70. The average Bonchev–Trinajstić information content (AvgIpc) is 3.25. The van der Waals surface area contributed by atoms with Gasteiger partial charge < -0.3 is 15.0 Å². The molecule has 0 aliphatic heterocycles. The van der Waals surface area contributed by atoms with Crippen LogP contribution in [0.5, 0.6) is 0 Å². The molecule has 0 aromatic heterocycles. The lowest BCUT2D eigenvalue weighted by Gasteiger charge is -2.26. The van der Waals surface area contributed by atoms with Crippen molar-refractivity contribution in [3.8, 4) is 11.1 Å². The molecule has 40 heavy (non-hydrogen) atoms. The van der Waals surface area contributed by atoms with Gasteiger partial charge in [0.2, 0.25) is 6.41 Å². The van der Waals surface area contributed by atoms with E-state index in [0.717, 1.165) is 37.9 Å². The van der Waals surface area contributed by atoms with Crippen LogP contribution in [0.25, 0.3) is 11.1 Å². The fourth-order valence-electron chi connectivity index (χ4n) is 5.10. The number of hydrogen-bond donors (Lipinski definition) is 1. The molecule has 0 atom stereocenters. The molecule has 1 N–H and O–H groups in total. The maximum absolute atomic E-state index is 12.4. The van der Waals surface area contributed by atoms with Crippen molar-refractivity contribution in [2.45, 2.75) is 51.7 Å². The van der Waals surface area contributed by atoms with Crippen LogP contribution in [0.15, 0.2) is 72.8 Å². The van der Waals surface area contributed by atoms with Crippen molar-refractivity contribution in [2.24, 2.45) is 0 Å². The number of hydrogen-bond acceptors (Lipinski definition) is 5. The largest absolute Gasteiger partial charge is 0.449 e. The minimum Gasteiger partial charge on any atom is -0.449 e. The first kappa shape index (κ1) is 29.3. The van der Waals surface area contributed by atoms with Crippen molar-refractivity contribution in [3.05, 3.63) is 95.1 Å². The van der Waals surface area contributed by atoms with Crippen molar-refractivity contribution in [3.63, 3.8) is 0 Å². The number of aryl methyl sites for hydroxylation is 1. The Balaban J connectivity index is 1.13. The smallest absolute Gasteiger partial charge is 0.407 e. The number of carbonyl (C=O) groups excluding carboxylic acids is 2. The van der Waals surface area contributed by atoms with Gasteiger partial charge in [0.05, 0.1) is 12.1 Å². The fraction of sp³-hybridized carbons (Fsp3) is 0.394. The summed E-state index contributed by atoms with van der Waals surface area (Å²) in [6.07, 6.45) is 2.31. The molecule has 3 aromatic carbocycles. The van der Waals surface area contributed by atoms with E-state index in [4.69, 9.17) is 9.57 Å². The van der Waals surface area contributed by atoms with E-state index in [0.29, 0.717) is 19.7 Å². The van der Waals surface area contributed by atoms with Gasteiger partial charge >= 0.3 is 6.09 Å². The van der Waals surface area contributed by atoms with Gasteiger partial charge in [0.25, 0.3) is 0 Å². The molecule has 0 heterocycles. The van der Waals surface area contributed by atoms with E-state index in [1.54, 1.807) is 0 Å². The quantitative estimate of drug-likeness (QED) is 0.219. The molecule has 7 heteroatoms. The van der Waals surface area contributed by atoms with Crippen molar-refractivity contribution < 1.29 is 19.2 Å². The maximum Gasteiger partial charge on any atom is 0.407 e. The number of rotatable bonds is 13.